The SMILES string of the molecule is Brc1ccc(C2C=CC=CC2I)cc1. The quantitative estimate of drug-likeness (QED) is 0.512. The molecule has 2 atom stereocenters. The van der Waals surface area contributed by atoms with Gasteiger partial charge in [-0.1, -0.05) is 75.0 Å². The fourth-order valence-corrected chi connectivity index (χ4v) is 2.72. The summed E-state index contributed by atoms with van der Waals surface area (Å²) >= 11 is 5.93. The van der Waals surface area contributed by atoms with Crippen LogP contribution < -0.4 is 0 Å². The molecule has 0 saturated heterocycles. The van der Waals surface area contributed by atoms with Crippen molar-refractivity contribution in [3.63, 3.8) is 0 Å². The monoisotopic (exact) mass is 360 g/mol. The van der Waals surface area contributed by atoms with Crippen molar-refractivity contribution in [1.82, 2.24) is 0 Å². The van der Waals surface area contributed by atoms with Crippen LogP contribution in [0.2, 0.25) is 0 Å². The van der Waals surface area contributed by atoms with Crippen molar-refractivity contribution in [2.24, 2.45) is 0 Å². The first-order valence-corrected chi connectivity index (χ1v) is 6.56. The van der Waals surface area contributed by atoms with E-state index < -0.39 is 0 Å². The van der Waals surface area contributed by atoms with E-state index in [1.165, 1.54) is 5.56 Å². The summed E-state index contributed by atoms with van der Waals surface area (Å²) in [6.07, 6.45) is 8.75. The Bertz CT molecular complexity index is 364. The second-order valence-corrected chi connectivity index (χ2v) is 5.65. The lowest BCUT2D eigenvalue weighted by molar-refractivity contribution is 0.894. The topological polar surface area (TPSA) is 0 Å². The van der Waals surface area contributed by atoms with Gasteiger partial charge in [-0.25, -0.2) is 0 Å². The number of hydrogen-bond acceptors (Lipinski definition) is 0. The van der Waals surface area contributed by atoms with E-state index in [2.05, 4.69) is 87.1 Å². The lowest BCUT2D eigenvalue weighted by atomic mass is 9.93. The van der Waals surface area contributed by atoms with Crippen molar-refractivity contribution in [3.05, 3.63) is 58.6 Å². The summed E-state index contributed by atoms with van der Waals surface area (Å²) in [7, 11) is 0. The zero-order chi connectivity index (χ0) is 9.97. The molecule has 0 amide bonds. The van der Waals surface area contributed by atoms with Gasteiger partial charge in [0.05, 0.1) is 0 Å². The molecule has 1 aromatic rings. The standard InChI is InChI=1S/C12H10BrI/c13-10-7-5-9(6-8-10)11-3-1-2-4-12(11)14/h1-8,11-12H. The molecule has 2 unspecified atom stereocenters. The van der Waals surface area contributed by atoms with Gasteiger partial charge in [0.2, 0.25) is 0 Å². The van der Waals surface area contributed by atoms with E-state index in [0.717, 1.165) is 4.47 Å². The van der Waals surface area contributed by atoms with Gasteiger partial charge >= 0.3 is 0 Å². The highest BCUT2D eigenvalue weighted by molar-refractivity contribution is 14.1. The Morgan fingerprint density at radius 2 is 1.64 bits per heavy atom. The van der Waals surface area contributed by atoms with E-state index >= 15 is 0 Å². The van der Waals surface area contributed by atoms with Crippen molar-refractivity contribution in [2.45, 2.75) is 9.84 Å². The third-order valence-electron chi connectivity index (χ3n) is 2.32. The fraction of sp³-hybridized carbons (Fsp3) is 0.167. The lowest BCUT2D eigenvalue weighted by Gasteiger charge is -2.19. The zero-order valence-corrected chi connectivity index (χ0v) is 11.3. The number of rotatable bonds is 1. The lowest BCUT2D eigenvalue weighted by Crippen LogP contribution is -2.09. The van der Waals surface area contributed by atoms with Crippen LogP contribution >= 0.6 is 38.5 Å². The molecule has 14 heavy (non-hydrogen) atoms. The average molecular weight is 361 g/mol. The minimum Gasteiger partial charge on any atom is -0.0771 e. The van der Waals surface area contributed by atoms with Crippen LogP contribution in [-0.4, -0.2) is 3.92 Å². The Hall–Kier alpha value is -0.0900. The number of allylic oxidation sites excluding steroid dienone is 4. The molecule has 0 spiro atoms. The summed E-state index contributed by atoms with van der Waals surface area (Å²) in [6.45, 7) is 0. The smallest absolute Gasteiger partial charge is 0.0395 e. The molecule has 1 aromatic carbocycles. The molecule has 0 aliphatic heterocycles. The molecule has 0 saturated carbocycles. The van der Waals surface area contributed by atoms with Crippen LogP contribution in [0.5, 0.6) is 0 Å². The normalized spacial score (nSPS) is 25.3. The molecule has 0 heterocycles. The molecule has 0 N–H and O–H groups in total. The van der Waals surface area contributed by atoms with Crippen molar-refractivity contribution in [2.75, 3.05) is 0 Å². The maximum absolute atomic E-state index is 3.45. The van der Waals surface area contributed by atoms with Crippen LogP contribution in [0.4, 0.5) is 0 Å². The summed E-state index contributed by atoms with van der Waals surface area (Å²) in [5, 5.41) is 0. The van der Waals surface area contributed by atoms with E-state index in [9.17, 15) is 0 Å². The number of benzene rings is 1. The summed E-state index contributed by atoms with van der Waals surface area (Å²) in [5.74, 6) is 0.522. The molecule has 1 aliphatic rings. The largest absolute Gasteiger partial charge is 0.0771 e. The van der Waals surface area contributed by atoms with Crippen LogP contribution in [0.3, 0.4) is 0 Å². The molecule has 0 radical (unpaired) electrons. The first-order valence-electron chi connectivity index (χ1n) is 4.52. The van der Waals surface area contributed by atoms with Crippen molar-refractivity contribution in [3.8, 4) is 0 Å². The van der Waals surface area contributed by atoms with Crippen molar-refractivity contribution < 1.29 is 0 Å². The summed E-state index contributed by atoms with van der Waals surface area (Å²) in [6, 6.07) is 8.57. The molecular weight excluding hydrogens is 351 g/mol. The van der Waals surface area contributed by atoms with Crippen molar-refractivity contribution >= 4 is 38.5 Å². The Morgan fingerprint density at radius 3 is 2.29 bits per heavy atom. The van der Waals surface area contributed by atoms with E-state index in [-0.39, 0.29) is 0 Å². The van der Waals surface area contributed by atoms with Gasteiger partial charge in [-0.2, -0.15) is 0 Å². The summed E-state index contributed by atoms with van der Waals surface area (Å²) in [5.41, 5.74) is 1.38. The minimum atomic E-state index is 0.522. The highest BCUT2D eigenvalue weighted by Gasteiger charge is 2.16. The molecule has 0 aromatic heterocycles. The second kappa shape index (κ2) is 4.62. The highest BCUT2D eigenvalue weighted by Crippen LogP contribution is 2.30. The molecule has 72 valence electrons. The van der Waals surface area contributed by atoms with Crippen LogP contribution in [-0.2, 0) is 0 Å². The Kier molecular flexibility index (Phi) is 3.44. The van der Waals surface area contributed by atoms with Crippen LogP contribution in [0.1, 0.15) is 11.5 Å². The van der Waals surface area contributed by atoms with Gasteiger partial charge < -0.3 is 0 Å². The Morgan fingerprint density at radius 1 is 1.00 bits per heavy atom. The molecule has 1 aliphatic carbocycles. The number of halogens is 2. The van der Waals surface area contributed by atoms with Gasteiger partial charge in [0, 0.05) is 14.3 Å². The van der Waals surface area contributed by atoms with Crippen LogP contribution in [0.15, 0.2) is 53.0 Å². The maximum Gasteiger partial charge on any atom is 0.0395 e. The third-order valence-corrected chi connectivity index (χ3v) is 4.04. The predicted molar refractivity (Wildman–Crippen MR) is 73.0 cm³/mol. The van der Waals surface area contributed by atoms with Crippen molar-refractivity contribution in [1.29, 1.82) is 0 Å². The summed E-state index contributed by atoms with van der Waals surface area (Å²) < 4.78 is 1.71. The van der Waals surface area contributed by atoms with Crippen LogP contribution in [0.25, 0.3) is 0 Å². The third kappa shape index (κ3) is 2.28. The molecule has 2 rings (SSSR count). The van der Waals surface area contributed by atoms with E-state index in [0.29, 0.717) is 9.84 Å². The maximum atomic E-state index is 3.45. The van der Waals surface area contributed by atoms with Gasteiger partial charge in [-0.3, -0.25) is 0 Å². The average Bonchev–Trinajstić information content (AvgIpc) is 2.20. The first-order chi connectivity index (χ1) is 6.77. The molecule has 0 nitrogen and oxygen atoms in total. The van der Waals surface area contributed by atoms with Gasteiger partial charge in [0.15, 0.2) is 0 Å². The Balaban J connectivity index is 2.27. The Labute approximate surface area is 106 Å². The molecular formula is C12H10BrI. The molecule has 0 fully saturated rings. The second-order valence-electron chi connectivity index (χ2n) is 3.29. The fourth-order valence-electron chi connectivity index (χ4n) is 1.56. The predicted octanol–water partition coefficient (Wildman–Crippen LogP) is 4.46. The highest BCUT2D eigenvalue weighted by atomic mass is 127. The van der Waals surface area contributed by atoms with E-state index in [4.69, 9.17) is 0 Å². The minimum absolute atomic E-state index is 0.522. The first kappa shape index (κ1) is 10.4. The number of alkyl halides is 1. The van der Waals surface area contributed by atoms with Crippen LogP contribution in [0, 0.1) is 0 Å². The number of hydrogen-bond donors (Lipinski definition) is 0. The zero-order valence-electron chi connectivity index (χ0n) is 7.53. The molecule has 0 bridgehead atoms. The van der Waals surface area contributed by atoms with E-state index in [1.807, 2.05) is 0 Å². The summed E-state index contributed by atoms with van der Waals surface area (Å²) in [4.78, 5) is 0. The van der Waals surface area contributed by atoms with E-state index in [1.54, 1.807) is 0 Å². The van der Waals surface area contributed by atoms with Gasteiger partial charge in [-0.15, -0.1) is 0 Å². The van der Waals surface area contributed by atoms with Gasteiger partial charge in [0.25, 0.3) is 0 Å². The van der Waals surface area contributed by atoms with Gasteiger partial charge in [0.1, 0.15) is 0 Å². The molecule has 2 heteroatoms. The van der Waals surface area contributed by atoms with Gasteiger partial charge in [-0.05, 0) is 17.7 Å².